The lowest BCUT2D eigenvalue weighted by Gasteiger charge is -2.36. The summed E-state index contributed by atoms with van der Waals surface area (Å²) in [5, 5.41) is 2.90. The minimum atomic E-state index is 0.0565. The van der Waals surface area contributed by atoms with Gasteiger partial charge in [0.2, 0.25) is 5.91 Å². The van der Waals surface area contributed by atoms with E-state index in [0.717, 1.165) is 24.7 Å². The summed E-state index contributed by atoms with van der Waals surface area (Å²) in [7, 11) is 0. The van der Waals surface area contributed by atoms with Crippen LogP contribution in [-0.2, 0) is 4.79 Å². The summed E-state index contributed by atoms with van der Waals surface area (Å²) in [5.41, 5.74) is 7.14. The van der Waals surface area contributed by atoms with Gasteiger partial charge in [0, 0.05) is 36.9 Å². The van der Waals surface area contributed by atoms with Crippen LogP contribution in [0.5, 0.6) is 0 Å². The molecule has 1 aliphatic rings. The third-order valence-electron chi connectivity index (χ3n) is 4.04. The summed E-state index contributed by atoms with van der Waals surface area (Å²) >= 11 is 0. The molecule has 4 heteroatoms. The summed E-state index contributed by atoms with van der Waals surface area (Å²) in [5.74, 6) is 0.796. The van der Waals surface area contributed by atoms with Crippen molar-refractivity contribution in [3.05, 3.63) is 24.3 Å². The number of nitrogens with one attached hydrogen (secondary N) is 1. The van der Waals surface area contributed by atoms with Gasteiger partial charge in [-0.25, -0.2) is 0 Å². The Morgan fingerprint density at radius 3 is 2.95 bits per heavy atom. The van der Waals surface area contributed by atoms with E-state index in [1.807, 2.05) is 18.2 Å². The molecule has 1 aliphatic heterocycles. The zero-order valence-electron chi connectivity index (χ0n) is 12.4. The van der Waals surface area contributed by atoms with E-state index in [2.05, 4.69) is 24.1 Å². The second-order valence-corrected chi connectivity index (χ2v) is 5.95. The van der Waals surface area contributed by atoms with Crippen LogP contribution in [0.3, 0.4) is 0 Å². The van der Waals surface area contributed by atoms with E-state index in [4.69, 9.17) is 5.73 Å². The maximum absolute atomic E-state index is 12.0. The van der Waals surface area contributed by atoms with Gasteiger partial charge in [0.1, 0.15) is 0 Å². The average molecular weight is 275 g/mol. The number of nitrogen functional groups attached to an aromatic ring is 1. The van der Waals surface area contributed by atoms with E-state index in [1.165, 1.54) is 12.8 Å². The van der Waals surface area contributed by atoms with Crippen LogP contribution in [0.15, 0.2) is 24.3 Å². The first-order valence-corrected chi connectivity index (χ1v) is 7.44. The lowest BCUT2D eigenvalue weighted by Crippen LogP contribution is -2.42. The Labute approximate surface area is 121 Å². The number of piperidine rings is 1. The molecular formula is C16H25N3O. The number of likely N-dealkylation sites (tertiary alicyclic amines) is 1. The molecule has 0 spiro atoms. The van der Waals surface area contributed by atoms with Crippen LogP contribution in [0.1, 0.15) is 33.1 Å². The average Bonchev–Trinajstić information content (AvgIpc) is 2.40. The molecule has 110 valence electrons. The van der Waals surface area contributed by atoms with Gasteiger partial charge in [0.05, 0.1) is 0 Å². The second-order valence-electron chi connectivity index (χ2n) is 5.95. The fourth-order valence-corrected chi connectivity index (χ4v) is 2.78. The number of anilines is 2. The first-order chi connectivity index (χ1) is 9.54. The van der Waals surface area contributed by atoms with Gasteiger partial charge in [0.15, 0.2) is 0 Å². The van der Waals surface area contributed by atoms with Crippen molar-refractivity contribution in [1.29, 1.82) is 0 Å². The molecule has 0 radical (unpaired) electrons. The molecule has 1 amide bonds. The highest BCUT2D eigenvalue weighted by Gasteiger charge is 2.22. The molecule has 1 aromatic rings. The summed E-state index contributed by atoms with van der Waals surface area (Å²) in [6.07, 6.45) is 3.07. The predicted octanol–water partition coefficient (Wildman–Crippen LogP) is 2.72. The molecule has 1 heterocycles. The van der Waals surface area contributed by atoms with Crippen LogP contribution in [0.25, 0.3) is 0 Å². The summed E-state index contributed by atoms with van der Waals surface area (Å²) in [6, 6.07) is 7.89. The van der Waals surface area contributed by atoms with Crippen LogP contribution >= 0.6 is 0 Å². The van der Waals surface area contributed by atoms with Crippen LogP contribution in [-0.4, -0.2) is 29.9 Å². The van der Waals surface area contributed by atoms with Crippen molar-refractivity contribution in [3.63, 3.8) is 0 Å². The lowest BCUT2D eigenvalue weighted by molar-refractivity contribution is -0.116. The van der Waals surface area contributed by atoms with E-state index in [-0.39, 0.29) is 5.91 Å². The summed E-state index contributed by atoms with van der Waals surface area (Å²) in [4.78, 5) is 14.4. The summed E-state index contributed by atoms with van der Waals surface area (Å²) < 4.78 is 0. The monoisotopic (exact) mass is 275 g/mol. The van der Waals surface area contributed by atoms with Crippen molar-refractivity contribution >= 4 is 17.3 Å². The Morgan fingerprint density at radius 1 is 1.40 bits per heavy atom. The second kappa shape index (κ2) is 6.75. The zero-order chi connectivity index (χ0) is 14.5. The van der Waals surface area contributed by atoms with Gasteiger partial charge >= 0.3 is 0 Å². The van der Waals surface area contributed by atoms with Crippen molar-refractivity contribution in [2.45, 2.75) is 39.2 Å². The molecule has 20 heavy (non-hydrogen) atoms. The van der Waals surface area contributed by atoms with Crippen molar-refractivity contribution in [1.82, 2.24) is 4.90 Å². The van der Waals surface area contributed by atoms with Gasteiger partial charge in [0.25, 0.3) is 0 Å². The highest BCUT2D eigenvalue weighted by atomic mass is 16.1. The van der Waals surface area contributed by atoms with E-state index < -0.39 is 0 Å². The van der Waals surface area contributed by atoms with Crippen LogP contribution in [0.4, 0.5) is 11.4 Å². The molecule has 0 saturated carbocycles. The molecule has 4 nitrogen and oxygen atoms in total. The number of benzene rings is 1. The topological polar surface area (TPSA) is 58.4 Å². The molecule has 1 fully saturated rings. The molecule has 1 aromatic carbocycles. The molecule has 2 atom stereocenters. The Balaban J connectivity index is 1.80. The van der Waals surface area contributed by atoms with Crippen molar-refractivity contribution < 1.29 is 4.79 Å². The number of hydrogen-bond donors (Lipinski definition) is 2. The molecule has 0 bridgehead atoms. The number of carbonyl (C=O) groups is 1. The standard InChI is InChI=1S/C16H25N3O/c1-12-6-7-13(2)19(11-12)9-8-16(20)18-15-5-3-4-14(17)10-15/h3-5,10,12-13H,6-9,11,17H2,1-2H3,(H,18,20). The Kier molecular flexibility index (Phi) is 5.01. The fraction of sp³-hybridized carbons (Fsp3) is 0.562. The minimum absolute atomic E-state index is 0.0565. The predicted molar refractivity (Wildman–Crippen MR) is 83.5 cm³/mol. The quantitative estimate of drug-likeness (QED) is 0.831. The third kappa shape index (κ3) is 4.23. The van der Waals surface area contributed by atoms with Crippen molar-refractivity contribution in [3.8, 4) is 0 Å². The first kappa shape index (κ1) is 14.9. The minimum Gasteiger partial charge on any atom is -0.399 e. The molecular weight excluding hydrogens is 250 g/mol. The number of hydrogen-bond acceptors (Lipinski definition) is 3. The molecule has 0 aromatic heterocycles. The van der Waals surface area contributed by atoms with E-state index in [1.54, 1.807) is 6.07 Å². The fourth-order valence-electron chi connectivity index (χ4n) is 2.78. The number of rotatable bonds is 4. The first-order valence-electron chi connectivity index (χ1n) is 7.44. The number of amides is 1. The number of nitrogens with two attached hydrogens (primary N) is 1. The molecule has 3 N–H and O–H groups in total. The van der Waals surface area contributed by atoms with Gasteiger partial charge in [-0.15, -0.1) is 0 Å². The van der Waals surface area contributed by atoms with Crippen molar-refractivity contribution in [2.24, 2.45) is 5.92 Å². The summed E-state index contributed by atoms with van der Waals surface area (Å²) in [6.45, 7) is 6.47. The smallest absolute Gasteiger partial charge is 0.225 e. The Hall–Kier alpha value is -1.55. The van der Waals surface area contributed by atoms with Gasteiger partial charge in [-0.2, -0.15) is 0 Å². The normalized spacial score (nSPS) is 23.5. The van der Waals surface area contributed by atoms with Crippen LogP contribution in [0.2, 0.25) is 0 Å². The molecule has 2 unspecified atom stereocenters. The van der Waals surface area contributed by atoms with Gasteiger partial charge in [-0.05, 0) is 43.9 Å². The number of nitrogens with zero attached hydrogens (tertiary/aromatic N) is 1. The van der Waals surface area contributed by atoms with E-state index in [0.29, 0.717) is 18.2 Å². The largest absolute Gasteiger partial charge is 0.399 e. The molecule has 1 saturated heterocycles. The highest BCUT2D eigenvalue weighted by molar-refractivity contribution is 5.91. The van der Waals surface area contributed by atoms with Gasteiger partial charge in [-0.3, -0.25) is 9.69 Å². The Morgan fingerprint density at radius 2 is 2.20 bits per heavy atom. The highest BCUT2D eigenvalue weighted by Crippen LogP contribution is 2.21. The van der Waals surface area contributed by atoms with Crippen molar-refractivity contribution in [2.75, 3.05) is 24.1 Å². The lowest BCUT2D eigenvalue weighted by atomic mass is 9.95. The van der Waals surface area contributed by atoms with E-state index in [9.17, 15) is 4.79 Å². The molecule has 2 rings (SSSR count). The van der Waals surface area contributed by atoms with E-state index >= 15 is 0 Å². The Bertz CT molecular complexity index is 461. The zero-order valence-corrected chi connectivity index (χ0v) is 12.4. The van der Waals surface area contributed by atoms with Crippen LogP contribution < -0.4 is 11.1 Å². The third-order valence-corrected chi connectivity index (χ3v) is 4.04. The van der Waals surface area contributed by atoms with Crippen LogP contribution in [0, 0.1) is 5.92 Å². The maximum Gasteiger partial charge on any atom is 0.225 e. The van der Waals surface area contributed by atoms with Gasteiger partial charge in [-0.1, -0.05) is 13.0 Å². The SMILES string of the molecule is CC1CCC(C)N(CCC(=O)Nc2cccc(N)c2)C1. The van der Waals surface area contributed by atoms with Gasteiger partial charge < -0.3 is 11.1 Å². The number of carbonyl (C=O) groups excluding carboxylic acids is 1. The maximum atomic E-state index is 12.0. The molecule has 0 aliphatic carbocycles.